The Labute approximate surface area is 125 Å². The number of aliphatic hydroxyl groups is 1. The van der Waals surface area contributed by atoms with Gasteiger partial charge in [-0.1, -0.05) is 13.8 Å². The van der Waals surface area contributed by atoms with Crippen molar-refractivity contribution in [1.82, 2.24) is 5.32 Å². The van der Waals surface area contributed by atoms with E-state index in [0.29, 0.717) is 12.5 Å². The van der Waals surface area contributed by atoms with Gasteiger partial charge in [-0.25, -0.2) is 4.39 Å². The van der Waals surface area contributed by atoms with Crippen LogP contribution in [0.2, 0.25) is 0 Å². The first-order valence-corrected chi connectivity index (χ1v) is 7.23. The van der Waals surface area contributed by atoms with Crippen LogP contribution < -0.4 is 10.1 Å². The predicted octanol–water partition coefficient (Wildman–Crippen LogP) is 2.81. The van der Waals surface area contributed by atoms with Gasteiger partial charge in [-0.15, -0.1) is 0 Å². The second kappa shape index (κ2) is 7.98. The van der Waals surface area contributed by atoms with Gasteiger partial charge in [0.15, 0.2) is 6.10 Å². The van der Waals surface area contributed by atoms with Gasteiger partial charge in [0.25, 0.3) is 5.91 Å². The van der Waals surface area contributed by atoms with Crippen LogP contribution in [0.1, 0.15) is 45.8 Å². The summed E-state index contributed by atoms with van der Waals surface area (Å²) in [5, 5.41) is 12.1. The van der Waals surface area contributed by atoms with Gasteiger partial charge in [-0.3, -0.25) is 4.79 Å². The third-order valence-corrected chi connectivity index (χ3v) is 3.13. The Kier molecular flexibility index (Phi) is 6.62. The van der Waals surface area contributed by atoms with Gasteiger partial charge in [0.2, 0.25) is 0 Å². The number of nitrogens with one attached hydrogen (secondary N) is 1. The highest BCUT2D eigenvalue weighted by atomic mass is 19.1. The fraction of sp³-hybridized carbons (Fsp3) is 0.562. The standard InChI is InChI=1S/C16H24FNO3/c1-10(2)7-8-18-16(20)12(4)21-13-5-6-14(11(3)19)15(17)9-13/h5-6,9-12,19H,7-8H2,1-4H3,(H,18,20). The van der Waals surface area contributed by atoms with Crippen molar-refractivity contribution in [1.29, 1.82) is 0 Å². The van der Waals surface area contributed by atoms with Crippen molar-refractivity contribution in [3.05, 3.63) is 29.6 Å². The van der Waals surface area contributed by atoms with Crippen molar-refractivity contribution in [2.24, 2.45) is 5.92 Å². The third-order valence-electron chi connectivity index (χ3n) is 3.13. The molecule has 2 N–H and O–H groups in total. The van der Waals surface area contributed by atoms with Crippen molar-refractivity contribution >= 4 is 5.91 Å². The monoisotopic (exact) mass is 297 g/mol. The molecule has 2 unspecified atom stereocenters. The van der Waals surface area contributed by atoms with E-state index >= 15 is 0 Å². The Morgan fingerprint density at radius 3 is 2.52 bits per heavy atom. The maximum atomic E-state index is 13.7. The molecular weight excluding hydrogens is 273 g/mol. The summed E-state index contributed by atoms with van der Waals surface area (Å²) in [6.07, 6.45) is -0.680. The molecule has 0 aliphatic heterocycles. The molecular formula is C16H24FNO3. The molecule has 0 spiro atoms. The molecule has 118 valence electrons. The van der Waals surface area contributed by atoms with Crippen molar-refractivity contribution in [3.8, 4) is 5.75 Å². The van der Waals surface area contributed by atoms with Gasteiger partial charge in [-0.2, -0.15) is 0 Å². The van der Waals surface area contributed by atoms with Crippen LogP contribution in [0.4, 0.5) is 4.39 Å². The first-order valence-electron chi connectivity index (χ1n) is 7.23. The molecule has 0 fully saturated rings. The summed E-state index contributed by atoms with van der Waals surface area (Å²) in [4.78, 5) is 11.8. The molecule has 4 nitrogen and oxygen atoms in total. The minimum atomic E-state index is -0.879. The molecule has 0 saturated carbocycles. The first-order chi connectivity index (χ1) is 9.81. The maximum Gasteiger partial charge on any atom is 0.260 e. The number of aliphatic hydroxyl groups excluding tert-OH is 1. The van der Waals surface area contributed by atoms with E-state index in [1.165, 1.54) is 19.1 Å². The fourth-order valence-electron chi connectivity index (χ4n) is 1.81. The summed E-state index contributed by atoms with van der Waals surface area (Å²) in [6.45, 7) is 7.87. The highest BCUT2D eigenvalue weighted by Crippen LogP contribution is 2.22. The average molecular weight is 297 g/mol. The molecule has 1 rings (SSSR count). The second-order valence-electron chi connectivity index (χ2n) is 5.59. The largest absolute Gasteiger partial charge is 0.481 e. The number of benzene rings is 1. The van der Waals surface area contributed by atoms with Crippen LogP contribution in [0.3, 0.4) is 0 Å². The SMILES string of the molecule is CC(C)CCNC(=O)C(C)Oc1ccc(C(C)O)c(F)c1. The molecule has 1 aromatic carbocycles. The molecule has 2 atom stereocenters. The molecule has 1 aromatic rings. The lowest BCUT2D eigenvalue weighted by Gasteiger charge is -2.16. The minimum Gasteiger partial charge on any atom is -0.481 e. The normalized spacial score (nSPS) is 13.9. The molecule has 0 bridgehead atoms. The van der Waals surface area contributed by atoms with Gasteiger partial charge in [-0.05, 0) is 38.3 Å². The van der Waals surface area contributed by atoms with E-state index in [9.17, 15) is 14.3 Å². The lowest BCUT2D eigenvalue weighted by molar-refractivity contribution is -0.127. The Bertz CT molecular complexity index is 475. The van der Waals surface area contributed by atoms with Gasteiger partial charge in [0.05, 0.1) is 6.10 Å². The van der Waals surface area contributed by atoms with Gasteiger partial charge >= 0.3 is 0 Å². The molecule has 0 aromatic heterocycles. The third kappa shape index (κ3) is 5.71. The molecule has 21 heavy (non-hydrogen) atoms. The zero-order valence-electron chi connectivity index (χ0n) is 13.0. The zero-order valence-corrected chi connectivity index (χ0v) is 13.0. The number of halogens is 1. The molecule has 0 heterocycles. The molecule has 0 aliphatic carbocycles. The number of ether oxygens (including phenoxy) is 1. The van der Waals surface area contributed by atoms with Crippen LogP contribution in [0.25, 0.3) is 0 Å². The van der Waals surface area contributed by atoms with Crippen molar-refractivity contribution in [3.63, 3.8) is 0 Å². The van der Waals surface area contributed by atoms with Crippen LogP contribution >= 0.6 is 0 Å². The lowest BCUT2D eigenvalue weighted by atomic mass is 10.1. The van der Waals surface area contributed by atoms with Crippen LogP contribution in [0.15, 0.2) is 18.2 Å². The summed E-state index contributed by atoms with van der Waals surface area (Å²) in [5.41, 5.74) is 0.205. The van der Waals surface area contributed by atoms with Crippen LogP contribution in [-0.2, 0) is 4.79 Å². The summed E-state index contributed by atoms with van der Waals surface area (Å²) in [6, 6.07) is 4.18. The van der Waals surface area contributed by atoms with E-state index in [4.69, 9.17) is 4.74 Å². The number of hydrogen-bond acceptors (Lipinski definition) is 3. The number of rotatable bonds is 7. The molecule has 5 heteroatoms. The molecule has 0 radical (unpaired) electrons. The van der Waals surface area contributed by atoms with Gasteiger partial charge < -0.3 is 15.2 Å². The predicted molar refractivity (Wildman–Crippen MR) is 79.6 cm³/mol. The molecule has 0 aliphatic rings. The number of carbonyl (C=O) groups is 1. The van der Waals surface area contributed by atoms with E-state index < -0.39 is 18.0 Å². The fourth-order valence-corrected chi connectivity index (χ4v) is 1.81. The van der Waals surface area contributed by atoms with Crippen molar-refractivity contribution in [2.45, 2.75) is 46.3 Å². The summed E-state index contributed by atoms with van der Waals surface area (Å²) in [5.74, 6) is 0.0117. The van der Waals surface area contributed by atoms with Crippen LogP contribution in [0.5, 0.6) is 5.75 Å². The van der Waals surface area contributed by atoms with Crippen molar-refractivity contribution < 1.29 is 19.0 Å². The van der Waals surface area contributed by atoms with E-state index in [1.807, 2.05) is 0 Å². The van der Waals surface area contributed by atoms with E-state index in [2.05, 4.69) is 19.2 Å². The second-order valence-corrected chi connectivity index (χ2v) is 5.59. The number of carbonyl (C=O) groups excluding carboxylic acids is 1. The van der Waals surface area contributed by atoms with Crippen LogP contribution in [-0.4, -0.2) is 23.7 Å². The number of hydrogen-bond donors (Lipinski definition) is 2. The summed E-state index contributed by atoms with van der Waals surface area (Å²) >= 11 is 0. The average Bonchev–Trinajstić information content (AvgIpc) is 2.37. The quantitative estimate of drug-likeness (QED) is 0.813. The number of amides is 1. The Morgan fingerprint density at radius 2 is 2.00 bits per heavy atom. The zero-order chi connectivity index (χ0) is 16.0. The maximum absolute atomic E-state index is 13.7. The molecule has 1 amide bonds. The van der Waals surface area contributed by atoms with Crippen molar-refractivity contribution in [2.75, 3.05) is 6.54 Å². The topological polar surface area (TPSA) is 58.6 Å². The highest BCUT2D eigenvalue weighted by molar-refractivity contribution is 5.80. The highest BCUT2D eigenvalue weighted by Gasteiger charge is 2.16. The summed E-state index contributed by atoms with van der Waals surface area (Å²) in [7, 11) is 0. The van der Waals surface area contributed by atoms with E-state index in [-0.39, 0.29) is 17.2 Å². The summed E-state index contributed by atoms with van der Waals surface area (Å²) < 4.78 is 19.1. The smallest absolute Gasteiger partial charge is 0.260 e. The van der Waals surface area contributed by atoms with E-state index in [0.717, 1.165) is 6.42 Å². The lowest BCUT2D eigenvalue weighted by Crippen LogP contribution is -2.37. The van der Waals surface area contributed by atoms with Gasteiger partial charge in [0.1, 0.15) is 11.6 Å². The molecule has 0 saturated heterocycles. The minimum absolute atomic E-state index is 0.205. The Morgan fingerprint density at radius 1 is 1.33 bits per heavy atom. The van der Waals surface area contributed by atoms with Crippen LogP contribution in [0, 0.1) is 11.7 Å². The van der Waals surface area contributed by atoms with E-state index in [1.54, 1.807) is 13.0 Å². The Hall–Kier alpha value is -1.62. The van der Waals surface area contributed by atoms with Gasteiger partial charge in [0, 0.05) is 18.2 Å². The Balaban J connectivity index is 2.56. The first kappa shape index (κ1) is 17.4.